The topological polar surface area (TPSA) is 0 Å². The van der Waals surface area contributed by atoms with Gasteiger partial charge in [0.1, 0.15) is 0 Å². The highest BCUT2D eigenvalue weighted by Crippen LogP contribution is 2.11. The highest BCUT2D eigenvalue weighted by molar-refractivity contribution is 5.42. The van der Waals surface area contributed by atoms with Crippen LogP contribution in [0.15, 0.2) is 65.0 Å². The van der Waals surface area contributed by atoms with Crippen LogP contribution in [-0.2, 0) is 0 Å². The van der Waals surface area contributed by atoms with E-state index >= 15 is 0 Å². The molecule has 0 aliphatic rings. The van der Waals surface area contributed by atoms with Gasteiger partial charge in [-0.25, -0.2) is 0 Å². The lowest BCUT2D eigenvalue weighted by molar-refractivity contribution is 1.23. The lowest BCUT2D eigenvalue weighted by Gasteiger charge is -1.99. The molecule has 0 heterocycles. The lowest BCUT2D eigenvalue weighted by atomic mass is 10.1. The van der Waals surface area contributed by atoms with Crippen molar-refractivity contribution in [3.05, 3.63) is 65.0 Å². The summed E-state index contributed by atoms with van der Waals surface area (Å²) < 4.78 is 0. The third kappa shape index (κ3) is 7.38. The van der Waals surface area contributed by atoms with Gasteiger partial charge in [-0.1, -0.05) is 36.8 Å². The minimum Gasteiger partial charge on any atom is -0.117 e. The summed E-state index contributed by atoms with van der Waals surface area (Å²) in [5.74, 6) is 0. The first kappa shape index (κ1) is 15.5. The number of hydrogen-bond acceptors (Lipinski definition) is 0. The van der Waals surface area contributed by atoms with Gasteiger partial charge in [0.25, 0.3) is 0 Å². The summed E-state index contributed by atoms with van der Waals surface area (Å²) >= 11 is 0. The van der Waals surface area contributed by atoms with Crippen LogP contribution in [0.4, 0.5) is 0 Å². The molecule has 0 nitrogen and oxygen atoms in total. The third-order valence-electron chi connectivity index (χ3n) is 2.16. The maximum absolute atomic E-state index is 3.95. The van der Waals surface area contributed by atoms with Gasteiger partial charge in [-0.15, -0.1) is 5.73 Å². The average molecular weight is 228 g/mol. The molecule has 0 bridgehead atoms. The number of rotatable bonds is 5. The number of hydrogen-bond donors (Lipinski definition) is 0. The molecule has 92 valence electrons. The molecule has 0 heteroatoms. The zero-order valence-corrected chi connectivity index (χ0v) is 11.8. The van der Waals surface area contributed by atoms with E-state index in [0.29, 0.717) is 0 Å². The molecule has 0 aliphatic carbocycles. The maximum atomic E-state index is 3.95. The molecule has 0 rings (SSSR count). The maximum Gasteiger partial charge on any atom is 0.0160 e. The van der Waals surface area contributed by atoms with E-state index < -0.39 is 0 Å². The molecule has 0 spiro atoms. The van der Waals surface area contributed by atoms with Crippen LogP contribution in [0.5, 0.6) is 0 Å². The van der Waals surface area contributed by atoms with Gasteiger partial charge < -0.3 is 0 Å². The first-order valence-corrected chi connectivity index (χ1v) is 6.11. The van der Waals surface area contributed by atoms with Crippen molar-refractivity contribution in [1.82, 2.24) is 0 Å². The summed E-state index contributed by atoms with van der Waals surface area (Å²) in [7, 11) is 0. The van der Waals surface area contributed by atoms with Crippen LogP contribution in [0, 0.1) is 0 Å². The van der Waals surface area contributed by atoms with Crippen molar-refractivity contribution in [2.45, 2.75) is 41.0 Å². The van der Waals surface area contributed by atoms with Crippen molar-refractivity contribution in [1.29, 1.82) is 0 Å². The Morgan fingerprint density at radius 3 is 2.24 bits per heavy atom. The fourth-order valence-corrected chi connectivity index (χ4v) is 1.33. The smallest absolute Gasteiger partial charge is 0.0160 e. The van der Waals surface area contributed by atoms with E-state index in [-0.39, 0.29) is 0 Å². The molecule has 17 heavy (non-hydrogen) atoms. The predicted molar refractivity (Wildman–Crippen MR) is 79.0 cm³/mol. The fraction of sp³-hybridized carbons (Fsp3) is 0.353. The summed E-state index contributed by atoms with van der Waals surface area (Å²) in [5.41, 5.74) is 7.92. The Labute approximate surface area is 106 Å². The molecule has 0 saturated carbocycles. The molecule has 0 aromatic rings. The van der Waals surface area contributed by atoms with E-state index in [1.165, 1.54) is 11.1 Å². The van der Waals surface area contributed by atoms with Crippen molar-refractivity contribution in [3.8, 4) is 0 Å². The standard InChI is InChI=1S/C17H24/c1-7-9-10-16(13-14(3)4)11-12-17(8-2)15(5)6/h8-9,11-13H,5,7H2,1-4,6H3. The normalized spacial score (nSPS) is 11.0. The zero-order chi connectivity index (χ0) is 13.3. The van der Waals surface area contributed by atoms with Gasteiger partial charge in [0.15, 0.2) is 0 Å². The summed E-state index contributed by atoms with van der Waals surface area (Å²) in [6.45, 7) is 14.3. The van der Waals surface area contributed by atoms with E-state index in [0.717, 1.165) is 17.6 Å². The molecular formula is C17H24. The molecule has 0 aromatic heterocycles. The molecule has 0 amide bonds. The largest absolute Gasteiger partial charge is 0.117 e. The van der Waals surface area contributed by atoms with Crippen LogP contribution in [0.2, 0.25) is 0 Å². The van der Waals surface area contributed by atoms with E-state index in [1.807, 2.05) is 13.8 Å². The summed E-state index contributed by atoms with van der Waals surface area (Å²) in [6, 6.07) is 0. The van der Waals surface area contributed by atoms with Crippen molar-refractivity contribution in [2.24, 2.45) is 0 Å². The average Bonchev–Trinajstić information content (AvgIpc) is 2.25. The SMILES string of the molecule is C=C(C)C(C=CC(=C=CCC)C=C(C)C)=CC. The second-order valence-corrected chi connectivity index (χ2v) is 4.29. The van der Waals surface area contributed by atoms with E-state index in [9.17, 15) is 0 Å². The second-order valence-electron chi connectivity index (χ2n) is 4.29. The highest BCUT2D eigenvalue weighted by Gasteiger charge is 1.91. The van der Waals surface area contributed by atoms with Crippen molar-refractivity contribution in [2.75, 3.05) is 0 Å². The molecule has 0 atom stereocenters. The summed E-state index contributed by atoms with van der Waals surface area (Å²) in [6.07, 6.45) is 11.4. The molecular weight excluding hydrogens is 204 g/mol. The highest BCUT2D eigenvalue weighted by atomic mass is 14.0. The van der Waals surface area contributed by atoms with Crippen LogP contribution >= 0.6 is 0 Å². The van der Waals surface area contributed by atoms with Gasteiger partial charge in [0.2, 0.25) is 0 Å². The van der Waals surface area contributed by atoms with Gasteiger partial charge in [-0.2, -0.15) is 0 Å². The predicted octanol–water partition coefficient (Wildman–Crippen LogP) is 5.52. The summed E-state index contributed by atoms with van der Waals surface area (Å²) in [5, 5.41) is 0. The van der Waals surface area contributed by atoms with Gasteiger partial charge in [-0.05, 0) is 57.9 Å². The van der Waals surface area contributed by atoms with Gasteiger partial charge in [-0.3, -0.25) is 0 Å². The van der Waals surface area contributed by atoms with E-state index in [1.54, 1.807) is 0 Å². The Morgan fingerprint density at radius 1 is 1.18 bits per heavy atom. The van der Waals surface area contributed by atoms with Crippen LogP contribution in [0.1, 0.15) is 41.0 Å². The van der Waals surface area contributed by atoms with Crippen LogP contribution in [0.25, 0.3) is 0 Å². The number of allylic oxidation sites excluding steroid dienone is 8. The Morgan fingerprint density at radius 2 is 1.82 bits per heavy atom. The van der Waals surface area contributed by atoms with Crippen LogP contribution < -0.4 is 0 Å². The minimum absolute atomic E-state index is 1.00. The minimum atomic E-state index is 1.00. The fourth-order valence-electron chi connectivity index (χ4n) is 1.33. The summed E-state index contributed by atoms with van der Waals surface area (Å²) in [4.78, 5) is 0. The Hall–Kier alpha value is -1.52. The van der Waals surface area contributed by atoms with Crippen LogP contribution in [0.3, 0.4) is 0 Å². The molecule has 0 saturated heterocycles. The second kappa shape index (κ2) is 8.61. The van der Waals surface area contributed by atoms with E-state index in [2.05, 4.69) is 63.5 Å². The lowest BCUT2D eigenvalue weighted by Crippen LogP contribution is -1.79. The van der Waals surface area contributed by atoms with Crippen molar-refractivity contribution < 1.29 is 0 Å². The van der Waals surface area contributed by atoms with Gasteiger partial charge in [0.05, 0.1) is 0 Å². The van der Waals surface area contributed by atoms with E-state index in [4.69, 9.17) is 0 Å². The van der Waals surface area contributed by atoms with Gasteiger partial charge in [0, 0.05) is 5.57 Å². The van der Waals surface area contributed by atoms with Crippen molar-refractivity contribution in [3.63, 3.8) is 0 Å². The van der Waals surface area contributed by atoms with Crippen LogP contribution in [-0.4, -0.2) is 0 Å². The van der Waals surface area contributed by atoms with Crippen molar-refractivity contribution >= 4 is 0 Å². The Balaban J connectivity index is 5.15. The molecule has 0 aliphatic heterocycles. The molecule has 0 fully saturated rings. The Kier molecular flexibility index (Phi) is 7.84. The first-order chi connectivity index (χ1) is 8.01. The molecule has 0 unspecified atom stereocenters. The first-order valence-electron chi connectivity index (χ1n) is 6.11. The Bertz CT molecular complexity index is 401. The molecule has 0 N–H and O–H groups in total. The third-order valence-corrected chi connectivity index (χ3v) is 2.16. The molecule has 0 aromatic carbocycles. The zero-order valence-electron chi connectivity index (χ0n) is 11.8. The monoisotopic (exact) mass is 228 g/mol. The quantitative estimate of drug-likeness (QED) is 0.429. The van der Waals surface area contributed by atoms with Gasteiger partial charge >= 0.3 is 0 Å². The molecule has 0 radical (unpaired) electrons.